The zero-order valence-corrected chi connectivity index (χ0v) is 13.6. The highest BCUT2D eigenvalue weighted by Gasteiger charge is 2.24. The van der Waals surface area contributed by atoms with Gasteiger partial charge >= 0.3 is 0 Å². The first-order chi connectivity index (χ1) is 11.7. The molecule has 1 atom stereocenters. The zero-order chi connectivity index (χ0) is 16.8. The lowest BCUT2D eigenvalue weighted by Gasteiger charge is -2.32. The van der Waals surface area contributed by atoms with Crippen molar-refractivity contribution in [2.24, 2.45) is 5.92 Å². The van der Waals surface area contributed by atoms with Crippen LogP contribution in [0.2, 0.25) is 0 Å². The molecule has 1 amide bonds. The molecule has 1 aromatic heterocycles. The number of aryl methyl sites for hydroxylation is 1. The third-order valence-electron chi connectivity index (χ3n) is 4.27. The molecule has 2 heterocycles. The second-order valence-corrected chi connectivity index (χ2v) is 6.14. The van der Waals surface area contributed by atoms with Gasteiger partial charge in [0, 0.05) is 50.4 Å². The fourth-order valence-electron chi connectivity index (χ4n) is 3.00. The van der Waals surface area contributed by atoms with Crippen molar-refractivity contribution in [3.8, 4) is 5.75 Å². The maximum absolute atomic E-state index is 13.2. The molecular weight excluding hydrogens is 309 g/mol. The molecule has 0 aliphatic carbocycles. The van der Waals surface area contributed by atoms with E-state index in [0.29, 0.717) is 31.9 Å². The van der Waals surface area contributed by atoms with Crippen molar-refractivity contribution in [1.82, 2.24) is 14.7 Å². The van der Waals surface area contributed by atoms with Crippen LogP contribution in [0, 0.1) is 11.7 Å². The first-order valence-corrected chi connectivity index (χ1v) is 8.34. The van der Waals surface area contributed by atoms with Gasteiger partial charge in [-0.1, -0.05) is 6.07 Å². The standard InChI is InChI=1S/C18H22FN3O2/c19-16-5-1-6-17(12-16)24-14-15-4-2-9-21(13-15)18(23)7-11-22-10-3-8-20-22/h1,3,5-6,8,10,12,15H,2,4,7,9,11,13-14H2/t15-/m1/s1. The fraction of sp³-hybridized carbons (Fsp3) is 0.444. The predicted octanol–water partition coefficient (Wildman–Crippen LogP) is 2.73. The second kappa shape index (κ2) is 7.95. The molecule has 1 aromatic carbocycles. The van der Waals surface area contributed by atoms with E-state index in [1.165, 1.54) is 12.1 Å². The largest absolute Gasteiger partial charge is 0.493 e. The Bertz CT molecular complexity index is 660. The molecule has 2 aromatic rings. The van der Waals surface area contributed by atoms with Gasteiger partial charge < -0.3 is 9.64 Å². The summed E-state index contributed by atoms with van der Waals surface area (Å²) in [6.45, 7) is 2.61. The van der Waals surface area contributed by atoms with Gasteiger partial charge in [-0.25, -0.2) is 4.39 Å². The fourth-order valence-corrected chi connectivity index (χ4v) is 3.00. The highest BCUT2D eigenvalue weighted by molar-refractivity contribution is 5.76. The Labute approximate surface area is 141 Å². The Balaban J connectivity index is 1.46. The quantitative estimate of drug-likeness (QED) is 0.818. The summed E-state index contributed by atoms with van der Waals surface area (Å²) in [5.74, 6) is 0.681. The number of benzene rings is 1. The van der Waals surface area contributed by atoms with Crippen LogP contribution in [0.25, 0.3) is 0 Å². The summed E-state index contributed by atoms with van der Waals surface area (Å²) in [6.07, 6.45) is 6.03. The maximum atomic E-state index is 13.2. The SMILES string of the molecule is O=C(CCn1cccn1)N1CCC[C@@H](COc2cccc(F)c2)C1. The minimum absolute atomic E-state index is 0.154. The van der Waals surface area contributed by atoms with Crippen molar-refractivity contribution in [3.63, 3.8) is 0 Å². The van der Waals surface area contributed by atoms with Gasteiger partial charge in [0.25, 0.3) is 0 Å². The molecule has 1 aliphatic rings. The van der Waals surface area contributed by atoms with E-state index in [-0.39, 0.29) is 17.6 Å². The highest BCUT2D eigenvalue weighted by Crippen LogP contribution is 2.20. The van der Waals surface area contributed by atoms with Gasteiger partial charge in [0.05, 0.1) is 6.61 Å². The summed E-state index contributed by atoms with van der Waals surface area (Å²) in [4.78, 5) is 14.3. The molecule has 0 saturated carbocycles. The van der Waals surface area contributed by atoms with E-state index >= 15 is 0 Å². The third kappa shape index (κ3) is 4.57. The molecule has 0 radical (unpaired) electrons. The monoisotopic (exact) mass is 331 g/mol. The van der Waals surface area contributed by atoms with Crippen LogP contribution in [-0.2, 0) is 11.3 Å². The summed E-state index contributed by atoms with van der Waals surface area (Å²) in [5.41, 5.74) is 0. The summed E-state index contributed by atoms with van der Waals surface area (Å²) < 4.78 is 20.6. The Morgan fingerprint density at radius 2 is 2.29 bits per heavy atom. The molecule has 0 unspecified atom stereocenters. The lowest BCUT2D eigenvalue weighted by molar-refractivity contribution is -0.133. The minimum atomic E-state index is -0.299. The van der Waals surface area contributed by atoms with E-state index in [1.807, 2.05) is 17.2 Å². The van der Waals surface area contributed by atoms with Crippen LogP contribution >= 0.6 is 0 Å². The molecule has 3 rings (SSSR count). The Kier molecular flexibility index (Phi) is 5.46. The van der Waals surface area contributed by atoms with Gasteiger partial charge in [0.1, 0.15) is 11.6 Å². The number of hydrogen-bond donors (Lipinski definition) is 0. The van der Waals surface area contributed by atoms with E-state index in [2.05, 4.69) is 5.10 Å². The van der Waals surface area contributed by atoms with Crippen molar-refractivity contribution in [3.05, 3.63) is 48.5 Å². The number of carbonyl (C=O) groups excluding carboxylic acids is 1. The normalized spacial score (nSPS) is 17.7. The number of hydrogen-bond acceptors (Lipinski definition) is 3. The van der Waals surface area contributed by atoms with Crippen molar-refractivity contribution in [2.45, 2.75) is 25.8 Å². The van der Waals surface area contributed by atoms with E-state index in [0.717, 1.165) is 19.4 Å². The molecule has 1 saturated heterocycles. The highest BCUT2D eigenvalue weighted by atomic mass is 19.1. The summed E-state index contributed by atoms with van der Waals surface area (Å²) >= 11 is 0. The molecule has 1 aliphatic heterocycles. The van der Waals surface area contributed by atoms with Crippen molar-refractivity contribution in [2.75, 3.05) is 19.7 Å². The minimum Gasteiger partial charge on any atom is -0.493 e. The number of piperidine rings is 1. The van der Waals surface area contributed by atoms with Gasteiger partial charge in [-0.05, 0) is 31.0 Å². The second-order valence-electron chi connectivity index (χ2n) is 6.14. The third-order valence-corrected chi connectivity index (χ3v) is 4.27. The molecule has 6 heteroatoms. The van der Waals surface area contributed by atoms with Crippen LogP contribution in [0.4, 0.5) is 4.39 Å². The van der Waals surface area contributed by atoms with Gasteiger partial charge in [0.2, 0.25) is 5.91 Å². The Morgan fingerprint density at radius 1 is 1.38 bits per heavy atom. The number of nitrogens with zero attached hydrogens (tertiary/aromatic N) is 3. The van der Waals surface area contributed by atoms with E-state index < -0.39 is 0 Å². The van der Waals surface area contributed by atoms with Gasteiger partial charge in [-0.3, -0.25) is 9.48 Å². The maximum Gasteiger partial charge on any atom is 0.224 e. The number of rotatable bonds is 6. The van der Waals surface area contributed by atoms with Crippen LogP contribution in [-0.4, -0.2) is 40.3 Å². The van der Waals surface area contributed by atoms with Gasteiger partial charge in [-0.15, -0.1) is 0 Å². The molecule has 0 N–H and O–H groups in total. The first-order valence-electron chi connectivity index (χ1n) is 8.34. The molecule has 128 valence electrons. The average Bonchev–Trinajstić information content (AvgIpc) is 3.12. The number of amides is 1. The first kappa shape index (κ1) is 16.5. The molecule has 5 nitrogen and oxygen atoms in total. The van der Waals surface area contributed by atoms with Crippen LogP contribution < -0.4 is 4.74 Å². The van der Waals surface area contributed by atoms with Gasteiger partial charge in [-0.2, -0.15) is 5.10 Å². The van der Waals surface area contributed by atoms with Crippen molar-refractivity contribution < 1.29 is 13.9 Å². The molecule has 0 spiro atoms. The lowest BCUT2D eigenvalue weighted by atomic mass is 9.98. The van der Waals surface area contributed by atoms with E-state index in [9.17, 15) is 9.18 Å². The number of likely N-dealkylation sites (tertiary alicyclic amines) is 1. The number of ether oxygens (including phenoxy) is 1. The number of carbonyl (C=O) groups is 1. The smallest absolute Gasteiger partial charge is 0.224 e. The van der Waals surface area contributed by atoms with Crippen molar-refractivity contribution in [1.29, 1.82) is 0 Å². The zero-order valence-electron chi connectivity index (χ0n) is 13.6. The van der Waals surface area contributed by atoms with Crippen LogP contribution in [0.3, 0.4) is 0 Å². The summed E-state index contributed by atoms with van der Waals surface area (Å²) in [7, 11) is 0. The van der Waals surface area contributed by atoms with E-state index in [4.69, 9.17) is 4.74 Å². The topological polar surface area (TPSA) is 47.4 Å². The summed E-state index contributed by atoms with van der Waals surface area (Å²) in [5, 5.41) is 4.11. The lowest BCUT2D eigenvalue weighted by Crippen LogP contribution is -2.41. The molecule has 24 heavy (non-hydrogen) atoms. The van der Waals surface area contributed by atoms with Crippen LogP contribution in [0.1, 0.15) is 19.3 Å². The van der Waals surface area contributed by atoms with Crippen LogP contribution in [0.5, 0.6) is 5.75 Å². The van der Waals surface area contributed by atoms with Gasteiger partial charge in [0.15, 0.2) is 0 Å². The predicted molar refractivity (Wildman–Crippen MR) is 88.0 cm³/mol. The molecule has 1 fully saturated rings. The molecular formula is C18H22FN3O2. The Hall–Kier alpha value is -2.37. The molecule has 0 bridgehead atoms. The van der Waals surface area contributed by atoms with E-state index in [1.54, 1.807) is 23.0 Å². The summed E-state index contributed by atoms with van der Waals surface area (Å²) in [6, 6.07) is 8.02. The number of halogens is 1. The average molecular weight is 331 g/mol. The Morgan fingerprint density at radius 3 is 3.08 bits per heavy atom. The number of aromatic nitrogens is 2. The van der Waals surface area contributed by atoms with Crippen molar-refractivity contribution >= 4 is 5.91 Å². The van der Waals surface area contributed by atoms with Crippen LogP contribution in [0.15, 0.2) is 42.7 Å².